The van der Waals surface area contributed by atoms with Crippen LogP contribution < -0.4 is 5.32 Å². The van der Waals surface area contributed by atoms with Crippen molar-refractivity contribution in [2.24, 2.45) is 11.8 Å². The molecule has 1 aromatic carbocycles. The molecule has 0 spiro atoms. The summed E-state index contributed by atoms with van der Waals surface area (Å²) < 4.78 is 26.8. The molecule has 0 bridgehead atoms. The lowest BCUT2D eigenvalue weighted by Gasteiger charge is -2.35. The number of carbonyl (C=O) groups excluding carboxylic acids is 1. The van der Waals surface area contributed by atoms with Crippen LogP contribution in [0.5, 0.6) is 0 Å². The molecular formula is C15H20ClNO4S. The summed E-state index contributed by atoms with van der Waals surface area (Å²) in [5.74, 6) is 0.811. The van der Waals surface area contributed by atoms with Gasteiger partial charge >= 0.3 is 6.09 Å². The van der Waals surface area contributed by atoms with Gasteiger partial charge in [-0.15, -0.1) is 0 Å². The average molecular weight is 346 g/mol. The number of carbonyl (C=O) groups is 1. The molecule has 2 rings (SSSR count). The third-order valence-electron chi connectivity index (χ3n) is 3.85. The molecule has 1 saturated carbocycles. The number of ether oxygens (including phenoxy) is 1. The van der Waals surface area contributed by atoms with E-state index in [-0.39, 0.29) is 12.4 Å². The van der Waals surface area contributed by atoms with E-state index in [0.717, 1.165) is 18.4 Å². The number of amides is 1. The van der Waals surface area contributed by atoms with Gasteiger partial charge in [0, 0.05) is 17.2 Å². The van der Waals surface area contributed by atoms with Crippen molar-refractivity contribution in [1.82, 2.24) is 5.32 Å². The first-order valence-electron chi connectivity index (χ1n) is 7.29. The second-order valence-electron chi connectivity index (χ2n) is 5.68. The fraction of sp³-hybridized carbons (Fsp3) is 0.533. The third-order valence-corrected chi connectivity index (χ3v) is 5.04. The second kappa shape index (κ2) is 7.83. The first-order valence-corrected chi connectivity index (χ1v) is 9.77. The first kappa shape index (κ1) is 17.1. The van der Waals surface area contributed by atoms with Gasteiger partial charge in [0.05, 0.1) is 5.75 Å². The predicted octanol–water partition coefficient (Wildman–Crippen LogP) is 2.90. The number of rotatable bonds is 7. The molecule has 1 aliphatic carbocycles. The minimum absolute atomic E-state index is 0.0263. The summed E-state index contributed by atoms with van der Waals surface area (Å²) in [7, 11) is 1.79. The van der Waals surface area contributed by atoms with Gasteiger partial charge in [0.2, 0.25) is 9.05 Å². The average Bonchev–Trinajstić information content (AvgIpc) is 2.43. The Bertz CT molecular complexity index is 585. The van der Waals surface area contributed by atoms with Gasteiger partial charge in [-0.05, 0) is 36.7 Å². The predicted molar refractivity (Wildman–Crippen MR) is 85.1 cm³/mol. The van der Waals surface area contributed by atoms with E-state index in [1.165, 1.54) is 0 Å². The SMILES string of the molecule is O=C(NCC1CC(CCS(=O)(=O)Cl)C1)OCc1ccccc1. The van der Waals surface area contributed by atoms with E-state index in [4.69, 9.17) is 15.4 Å². The quantitative estimate of drug-likeness (QED) is 0.771. The molecule has 0 unspecified atom stereocenters. The van der Waals surface area contributed by atoms with Crippen LogP contribution in [0.15, 0.2) is 30.3 Å². The summed E-state index contributed by atoms with van der Waals surface area (Å²) in [6.07, 6.45) is 2.02. The molecule has 1 aromatic rings. The van der Waals surface area contributed by atoms with Crippen molar-refractivity contribution >= 4 is 25.8 Å². The summed E-state index contributed by atoms with van der Waals surface area (Å²) in [5.41, 5.74) is 0.948. The normalized spacial score (nSPS) is 21.0. The number of hydrogen-bond donors (Lipinski definition) is 1. The van der Waals surface area contributed by atoms with E-state index in [1.807, 2.05) is 30.3 Å². The van der Waals surface area contributed by atoms with Crippen LogP contribution in [0, 0.1) is 11.8 Å². The van der Waals surface area contributed by atoms with Gasteiger partial charge in [0.1, 0.15) is 6.61 Å². The molecule has 0 aromatic heterocycles. The van der Waals surface area contributed by atoms with Gasteiger partial charge in [-0.1, -0.05) is 30.3 Å². The largest absolute Gasteiger partial charge is 0.445 e. The molecule has 0 saturated heterocycles. The first-order chi connectivity index (χ1) is 10.4. The number of halogens is 1. The number of hydrogen-bond acceptors (Lipinski definition) is 4. The van der Waals surface area contributed by atoms with Crippen LogP contribution in [0.25, 0.3) is 0 Å². The molecule has 5 nitrogen and oxygen atoms in total. The van der Waals surface area contributed by atoms with Crippen LogP contribution in [0.1, 0.15) is 24.8 Å². The Balaban J connectivity index is 1.55. The van der Waals surface area contributed by atoms with Crippen LogP contribution >= 0.6 is 10.7 Å². The van der Waals surface area contributed by atoms with Gasteiger partial charge in [-0.3, -0.25) is 0 Å². The lowest BCUT2D eigenvalue weighted by atomic mass is 9.73. The van der Waals surface area contributed by atoms with E-state index in [0.29, 0.717) is 24.8 Å². The molecule has 1 fully saturated rings. The lowest BCUT2D eigenvalue weighted by Crippen LogP contribution is -2.36. The highest BCUT2D eigenvalue weighted by atomic mass is 35.7. The maximum atomic E-state index is 11.6. The maximum absolute atomic E-state index is 11.6. The number of alkyl carbamates (subject to hydrolysis) is 1. The minimum Gasteiger partial charge on any atom is -0.445 e. The number of benzene rings is 1. The van der Waals surface area contributed by atoms with Crippen molar-refractivity contribution in [3.63, 3.8) is 0 Å². The van der Waals surface area contributed by atoms with Crippen molar-refractivity contribution in [3.05, 3.63) is 35.9 Å². The van der Waals surface area contributed by atoms with Gasteiger partial charge in [0.25, 0.3) is 0 Å². The van der Waals surface area contributed by atoms with E-state index in [9.17, 15) is 13.2 Å². The van der Waals surface area contributed by atoms with Crippen molar-refractivity contribution < 1.29 is 17.9 Å². The molecule has 0 atom stereocenters. The highest BCUT2D eigenvalue weighted by Crippen LogP contribution is 2.36. The van der Waals surface area contributed by atoms with Crippen molar-refractivity contribution in [3.8, 4) is 0 Å². The summed E-state index contributed by atoms with van der Waals surface area (Å²) in [6, 6.07) is 9.49. The van der Waals surface area contributed by atoms with E-state index in [2.05, 4.69) is 5.32 Å². The van der Waals surface area contributed by atoms with Gasteiger partial charge in [-0.2, -0.15) is 0 Å². The molecule has 1 N–H and O–H groups in total. The van der Waals surface area contributed by atoms with Crippen LogP contribution in [0.3, 0.4) is 0 Å². The molecular weight excluding hydrogens is 326 g/mol. The number of nitrogens with one attached hydrogen (secondary N) is 1. The maximum Gasteiger partial charge on any atom is 0.407 e. The zero-order valence-corrected chi connectivity index (χ0v) is 13.8. The Morgan fingerprint density at radius 2 is 1.91 bits per heavy atom. The minimum atomic E-state index is -3.39. The van der Waals surface area contributed by atoms with Crippen LogP contribution in [-0.2, 0) is 20.4 Å². The third kappa shape index (κ3) is 6.23. The van der Waals surface area contributed by atoms with Crippen LogP contribution in [-0.4, -0.2) is 26.8 Å². The molecule has 7 heteroatoms. The zero-order chi connectivity index (χ0) is 16.0. The summed E-state index contributed by atoms with van der Waals surface area (Å²) in [4.78, 5) is 11.6. The summed E-state index contributed by atoms with van der Waals surface area (Å²) in [6.45, 7) is 0.825. The van der Waals surface area contributed by atoms with Gasteiger partial charge < -0.3 is 10.1 Å². The Morgan fingerprint density at radius 3 is 2.55 bits per heavy atom. The smallest absolute Gasteiger partial charge is 0.407 e. The molecule has 1 amide bonds. The van der Waals surface area contributed by atoms with Gasteiger partial charge in [0.15, 0.2) is 0 Å². The summed E-state index contributed by atoms with van der Waals surface area (Å²) in [5, 5.41) is 2.74. The van der Waals surface area contributed by atoms with Crippen molar-refractivity contribution in [2.45, 2.75) is 25.9 Å². The second-order valence-corrected chi connectivity index (χ2v) is 8.57. The topological polar surface area (TPSA) is 72.5 Å². The Hall–Kier alpha value is -1.27. The van der Waals surface area contributed by atoms with E-state index >= 15 is 0 Å². The van der Waals surface area contributed by atoms with E-state index < -0.39 is 15.1 Å². The molecule has 1 aliphatic rings. The Kier molecular flexibility index (Phi) is 6.08. The fourth-order valence-electron chi connectivity index (χ4n) is 2.59. The Morgan fingerprint density at radius 1 is 1.23 bits per heavy atom. The van der Waals surface area contributed by atoms with Crippen molar-refractivity contribution in [1.29, 1.82) is 0 Å². The van der Waals surface area contributed by atoms with Crippen LogP contribution in [0.2, 0.25) is 0 Å². The standard InChI is InChI=1S/C15H20ClNO4S/c16-22(19,20)7-6-13-8-14(9-13)10-17-15(18)21-11-12-4-2-1-3-5-12/h1-5,13-14H,6-11H2,(H,17,18). The zero-order valence-electron chi connectivity index (χ0n) is 12.2. The summed E-state index contributed by atoms with van der Waals surface area (Å²) >= 11 is 0. The highest BCUT2D eigenvalue weighted by molar-refractivity contribution is 8.13. The highest BCUT2D eigenvalue weighted by Gasteiger charge is 2.30. The lowest BCUT2D eigenvalue weighted by molar-refractivity contribution is 0.128. The molecule has 22 heavy (non-hydrogen) atoms. The Labute approximate surface area is 135 Å². The van der Waals surface area contributed by atoms with Gasteiger partial charge in [-0.25, -0.2) is 13.2 Å². The molecule has 0 radical (unpaired) electrons. The molecule has 0 heterocycles. The fourth-order valence-corrected chi connectivity index (χ4v) is 3.47. The van der Waals surface area contributed by atoms with E-state index in [1.54, 1.807) is 0 Å². The molecule has 0 aliphatic heterocycles. The monoisotopic (exact) mass is 345 g/mol. The van der Waals surface area contributed by atoms with Crippen LogP contribution in [0.4, 0.5) is 4.79 Å². The molecule has 122 valence electrons. The van der Waals surface area contributed by atoms with Crippen molar-refractivity contribution in [2.75, 3.05) is 12.3 Å².